The summed E-state index contributed by atoms with van der Waals surface area (Å²) in [5.74, 6) is 2.02. The highest BCUT2D eigenvalue weighted by molar-refractivity contribution is 5.84. The normalized spacial score (nSPS) is 55.2. The van der Waals surface area contributed by atoms with Crippen molar-refractivity contribution in [3.05, 3.63) is 0 Å². The summed E-state index contributed by atoms with van der Waals surface area (Å²) >= 11 is 0. The minimum atomic E-state index is -0.600. The van der Waals surface area contributed by atoms with E-state index >= 15 is 0 Å². The molecule has 5 aliphatic carbocycles. The van der Waals surface area contributed by atoms with Crippen LogP contribution in [-0.2, 0) is 4.79 Å². The van der Waals surface area contributed by atoms with Gasteiger partial charge >= 0.3 is 0 Å². The average Bonchev–Trinajstić information content (AvgIpc) is 2.96. The molecule has 1 saturated heterocycles. The molecule has 1 amide bonds. The van der Waals surface area contributed by atoms with Crippen LogP contribution in [0.5, 0.6) is 0 Å². The van der Waals surface area contributed by atoms with E-state index in [1.165, 1.54) is 6.42 Å². The second kappa shape index (κ2) is 4.53. The largest absolute Gasteiger partial charge is 0.390 e. The van der Waals surface area contributed by atoms with E-state index in [0.29, 0.717) is 30.1 Å². The van der Waals surface area contributed by atoms with E-state index in [2.05, 4.69) is 13.0 Å². The van der Waals surface area contributed by atoms with Gasteiger partial charge in [0, 0.05) is 6.04 Å². The zero-order valence-electron chi connectivity index (χ0n) is 14.3. The minimum Gasteiger partial charge on any atom is -0.390 e. The van der Waals surface area contributed by atoms with Crippen LogP contribution in [0.3, 0.4) is 0 Å². The van der Waals surface area contributed by atoms with E-state index in [1.807, 2.05) is 4.90 Å². The molecular weight excluding hydrogens is 302 g/mol. The molecule has 5 heteroatoms. The highest BCUT2D eigenvalue weighted by atomic mass is 16.3. The zero-order chi connectivity index (χ0) is 16.9. The molecule has 24 heavy (non-hydrogen) atoms. The maximum absolute atomic E-state index is 13.3. The number of amides is 1. The van der Waals surface area contributed by atoms with Crippen molar-refractivity contribution >= 4 is 5.91 Å². The Morgan fingerprint density at radius 2 is 1.96 bits per heavy atom. The number of rotatable bonds is 2. The number of nitriles is 1. The second-order valence-corrected chi connectivity index (χ2v) is 9.67. The summed E-state index contributed by atoms with van der Waals surface area (Å²) in [5, 5.41) is 20.4. The van der Waals surface area contributed by atoms with Gasteiger partial charge in [0.1, 0.15) is 6.04 Å². The van der Waals surface area contributed by atoms with Gasteiger partial charge < -0.3 is 15.7 Å². The molecule has 3 N–H and O–H groups in total. The first kappa shape index (κ1) is 15.2. The number of carbonyl (C=O) groups excluding carboxylic acids is 1. The number of hydrogen-bond acceptors (Lipinski definition) is 4. The van der Waals surface area contributed by atoms with Gasteiger partial charge in [-0.1, -0.05) is 6.92 Å². The fourth-order valence-corrected chi connectivity index (χ4v) is 7.40. The number of nitrogens with two attached hydrogens (primary N) is 1. The topological polar surface area (TPSA) is 90.4 Å². The van der Waals surface area contributed by atoms with Crippen molar-refractivity contribution in [3.63, 3.8) is 0 Å². The van der Waals surface area contributed by atoms with Crippen molar-refractivity contribution in [1.29, 1.82) is 5.26 Å². The van der Waals surface area contributed by atoms with Crippen LogP contribution < -0.4 is 5.73 Å². The number of aliphatic hydroxyl groups is 1. The Bertz CT molecular complexity index is 627. The number of piperidine rings is 1. The van der Waals surface area contributed by atoms with Crippen LogP contribution in [-0.4, -0.2) is 39.6 Å². The first-order chi connectivity index (χ1) is 11.4. The van der Waals surface area contributed by atoms with E-state index in [0.717, 1.165) is 32.1 Å². The number of carbonyl (C=O) groups is 1. The summed E-state index contributed by atoms with van der Waals surface area (Å²) in [6.45, 7) is 2.17. The van der Waals surface area contributed by atoms with Gasteiger partial charge in [0.25, 0.3) is 0 Å². The molecule has 5 saturated carbocycles. The summed E-state index contributed by atoms with van der Waals surface area (Å²) in [7, 11) is 0. The molecule has 5 unspecified atom stereocenters. The summed E-state index contributed by atoms with van der Waals surface area (Å²) in [4.78, 5) is 15.1. The van der Waals surface area contributed by atoms with Crippen molar-refractivity contribution in [2.24, 2.45) is 34.8 Å². The maximum Gasteiger partial charge on any atom is 0.241 e. The summed E-state index contributed by atoms with van der Waals surface area (Å²) in [6, 6.07) is 1.68. The number of hydrogen-bond donors (Lipinski definition) is 2. The van der Waals surface area contributed by atoms with E-state index < -0.39 is 11.6 Å². The van der Waals surface area contributed by atoms with E-state index in [4.69, 9.17) is 5.73 Å². The van der Waals surface area contributed by atoms with Gasteiger partial charge in [-0.15, -0.1) is 0 Å². The van der Waals surface area contributed by atoms with Crippen LogP contribution >= 0.6 is 0 Å². The van der Waals surface area contributed by atoms with Crippen LogP contribution in [0.15, 0.2) is 0 Å². The predicted octanol–water partition coefficient (Wildman–Crippen LogP) is 1.40. The Morgan fingerprint density at radius 1 is 1.29 bits per heavy atom. The number of fused-ring (bicyclic) bond motifs is 1. The second-order valence-electron chi connectivity index (χ2n) is 9.67. The molecule has 6 fully saturated rings. The van der Waals surface area contributed by atoms with Crippen molar-refractivity contribution in [2.45, 2.75) is 75.6 Å². The van der Waals surface area contributed by atoms with Gasteiger partial charge in [-0.2, -0.15) is 5.26 Å². The third-order valence-corrected chi connectivity index (χ3v) is 8.07. The average molecular weight is 329 g/mol. The van der Waals surface area contributed by atoms with Crippen molar-refractivity contribution in [1.82, 2.24) is 4.90 Å². The zero-order valence-corrected chi connectivity index (χ0v) is 14.3. The third kappa shape index (κ3) is 1.84. The lowest BCUT2D eigenvalue weighted by atomic mass is 9.46. The Balaban J connectivity index is 1.43. The van der Waals surface area contributed by atoms with Crippen molar-refractivity contribution in [2.75, 3.05) is 0 Å². The molecule has 1 heterocycles. The first-order valence-corrected chi connectivity index (χ1v) is 9.56. The minimum absolute atomic E-state index is 0.0241. The Kier molecular flexibility index (Phi) is 2.86. The molecule has 6 rings (SSSR count). The quantitative estimate of drug-likeness (QED) is 0.801. The van der Waals surface area contributed by atoms with Gasteiger partial charge in [0.05, 0.1) is 17.7 Å². The number of likely N-dealkylation sites (tertiary alicyclic amines) is 1. The Labute approximate surface area is 143 Å². The van der Waals surface area contributed by atoms with E-state index in [1.54, 1.807) is 0 Å². The molecule has 0 radical (unpaired) electrons. The van der Waals surface area contributed by atoms with Crippen molar-refractivity contribution in [3.8, 4) is 6.07 Å². The van der Waals surface area contributed by atoms with Crippen LogP contribution in [0, 0.1) is 40.4 Å². The smallest absolute Gasteiger partial charge is 0.241 e. The van der Waals surface area contributed by atoms with Gasteiger partial charge in [0.2, 0.25) is 5.91 Å². The van der Waals surface area contributed by atoms with Crippen LogP contribution in [0.25, 0.3) is 0 Å². The van der Waals surface area contributed by atoms with Gasteiger partial charge in [-0.05, 0) is 74.0 Å². The van der Waals surface area contributed by atoms with Gasteiger partial charge in [0.15, 0.2) is 0 Å². The molecule has 0 aromatic rings. The number of nitrogens with zero attached hydrogens (tertiary/aromatic N) is 2. The SMILES string of the molecule is C[C@H]1C2C[C@@H](C#N)N(C(=O)[C@@H](N)C34CC5C[C@H](CC(O)(C5)C3)C4)C21. The maximum atomic E-state index is 13.3. The molecule has 0 aromatic carbocycles. The Hall–Kier alpha value is -1.12. The lowest BCUT2D eigenvalue weighted by Gasteiger charge is -2.61. The van der Waals surface area contributed by atoms with Gasteiger partial charge in [-0.25, -0.2) is 0 Å². The highest BCUT2D eigenvalue weighted by Gasteiger charge is 2.64. The lowest BCUT2D eigenvalue weighted by Crippen LogP contribution is -2.65. The van der Waals surface area contributed by atoms with Crippen LogP contribution in [0.4, 0.5) is 0 Å². The van der Waals surface area contributed by atoms with Crippen LogP contribution in [0.1, 0.15) is 51.9 Å². The first-order valence-electron chi connectivity index (χ1n) is 9.56. The lowest BCUT2D eigenvalue weighted by molar-refractivity contribution is -0.177. The van der Waals surface area contributed by atoms with Crippen molar-refractivity contribution < 1.29 is 9.90 Å². The molecule has 9 atom stereocenters. The molecule has 1 aliphatic heterocycles. The monoisotopic (exact) mass is 329 g/mol. The van der Waals surface area contributed by atoms with Gasteiger partial charge in [-0.3, -0.25) is 4.79 Å². The third-order valence-electron chi connectivity index (χ3n) is 8.07. The summed E-state index contributed by atoms with van der Waals surface area (Å²) in [6.07, 6.45) is 6.41. The molecule has 5 nitrogen and oxygen atoms in total. The molecule has 0 spiro atoms. The Morgan fingerprint density at radius 3 is 2.54 bits per heavy atom. The summed E-state index contributed by atoms with van der Waals surface area (Å²) < 4.78 is 0. The molecule has 0 aromatic heterocycles. The summed E-state index contributed by atoms with van der Waals surface area (Å²) in [5.41, 5.74) is 5.74. The standard InChI is InChI=1S/C19H27N3O2/c1-10-14-3-13(8-20)22(15(10)14)17(23)16(21)18-4-11-2-12(5-18)7-19(24,6-11)9-18/h10-16,24H,2-7,9,21H2,1H3/t10-,11-,12?,13-,14?,15?,16+,18?,19?/m0/s1. The fraction of sp³-hybridized carbons (Fsp3) is 0.895. The molecule has 130 valence electrons. The highest BCUT2D eigenvalue weighted by Crippen LogP contribution is 2.63. The van der Waals surface area contributed by atoms with Crippen LogP contribution in [0.2, 0.25) is 0 Å². The fourth-order valence-electron chi connectivity index (χ4n) is 7.40. The molecule has 6 aliphatic rings. The molecule has 4 bridgehead atoms. The van der Waals surface area contributed by atoms with E-state index in [9.17, 15) is 15.2 Å². The van der Waals surface area contributed by atoms with E-state index in [-0.39, 0.29) is 23.4 Å². The molecular formula is C19H27N3O2. The predicted molar refractivity (Wildman–Crippen MR) is 87.3 cm³/mol.